The summed E-state index contributed by atoms with van der Waals surface area (Å²) in [6.07, 6.45) is 4.72. The number of thioether (sulfide) groups is 1. The van der Waals surface area contributed by atoms with Crippen molar-refractivity contribution in [3.05, 3.63) is 23.8 Å². The molecule has 1 saturated carbocycles. The maximum absolute atomic E-state index is 10.9. The van der Waals surface area contributed by atoms with Crippen LogP contribution in [-0.2, 0) is 10.3 Å². The summed E-state index contributed by atoms with van der Waals surface area (Å²) in [4.78, 5) is 15.6. The highest BCUT2D eigenvalue weighted by atomic mass is 32.2. The zero-order valence-corrected chi connectivity index (χ0v) is 13.2. The van der Waals surface area contributed by atoms with Crippen LogP contribution < -0.4 is 0 Å². The number of carboxylic acids is 1. The number of aryl methyl sites for hydroxylation is 1. The van der Waals surface area contributed by atoms with Gasteiger partial charge >= 0.3 is 5.97 Å². The SMILES string of the molecule is Cc1ccc2nc(SCC(=O)O)n(C3(C)CCCC3)c2c1. The second-order valence-electron chi connectivity index (χ2n) is 6.11. The summed E-state index contributed by atoms with van der Waals surface area (Å²) >= 11 is 1.32. The van der Waals surface area contributed by atoms with Gasteiger partial charge in [-0.25, -0.2) is 4.98 Å². The minimum absolute atomic E-state index is 0.0540. The molecule has 0 aliphatic heterocycles. The Morgan fingerprint density at radius 2 is 2.14 bits per heavy atom. The van der Waals surface area contributed by atoms with E-state index in [9.17, 15) is 4.79 Å². The van der Waals surface area contributed by atoms with Crippen molar-refractivity contribution in [2.24, 2.45) is 0 Å². The van der Waals surface area contributed by atoms with E-state index in [1.54, 1.807) is 0 Å². The molecule has 1 N–H and O–H groups in total. The predicted octanol–water partition coefficient (Wildman–Crippen LogP) is 3.81. The van der Waals surface area contributed by atoms with Crippen LogP contribution in [-0.4, -0.2) is 26.4 Å². The third-order valence-corrected chi connectivity index (χ3v) is 5.25. The number of imidazole rings is 1. The van der Waals surface area contributed by atoms with Crippen LogP contribution in [0, 0.1) is 6.92 Å². The molecule has 1 heterocycles. The van der Waals surface area contributed by atoms with Gasteiger partial charge in [-0.1, -0.05) is 30.7 Å². The average molecular weight is 304 g/mol. The van der Waals surface area contributed by atoms with Gasteiger partial charge in [-0.2, -0.15) is 0 Å². The molecular formula is C16H20N2O2S. The van der Waals surface area contributed by atoms with Gasteiger partial charge in [-0.3, -0.25) is 4.79 Å². The van der Waals surface area contributed by atoms with Gasteiger partial charge < -0.3 is 9.67 Å². The van der Waals surface area contributed by atoms with Crippen LogP contribution in [0.1, 0.15) is 38.2 Å². The Bertz CT molecular complexity index is 687. The van der Waals surface area contributed by atoms with Crippen molar-refractivity contribution in [1.82, 2.24) is 9.55 Å². The number of rotatable bonds is 4. The molecule has 0 saturated heterocycles. The van der Waals surface area contributed by atoms with Gasteiger partial charge in [0.1, 0.15) is 0 Å². The summed E-state index contributed by atoms with van der Waals surface area (Å²) in [5, 5.41) is 9.79. The molecule has 0 bridgehead atoms. The van der Waals surface area contributed by atoms with Gasteiger partial charge in [0.15, 0.2) is 5.16 Å². The topological polar surface area (TPSA) is 55.1 Å². The predicted molar refractivity (Wildman–Crippen MR) is 84.9 cm³/mol. The minimum atomic E-state index is -0.800. The molecule has 0 radical (unpaired) electrons. The van der Waals surface area contributed by atoms with E-state index >= 15 is 0 Å². The van der Waals surface area contributed by atoms with Gasteiger partial charge in [0.25, 0.3) is 0 Å². The average Bonchev–Trinajstić information content (AvgIpc) is 3.00. The van der Waals surface area contributed by atoms with Crippen molar-refractivity contribution in [2.75, 3.05) is 5.75 Å². The van der Waals surface area contributed by atoms with Crippen molar-refractivity contribution in [2.45, 2.75) is 50.2 Å². The number of aliphatic carboxylic acids is 1. The molecule has 1 aliphatic carbocycles. The number of fused-ring (bicyclic) bond motifs is 1. The lowest BCUT2D eigenvalue weighted by Gasteiger charge is -2.28. The molecule has 4 nitrogen and oxygen atoms in total. The lowest BCUT2D eigenvalue weighted by molar-refractivity contribution is -0.133. The fourth-order valence-corrected chi connectivity index (χ4v) is 4.13. The van der Waals surface area contributed by atoms with E-state index in [1.165, 1.54) is 30.2 Å². The van der Waals surface area contributed by atoms with Crippen LogP contribution in [0.4, 0.5) is 0 Å². The van der Waals surface area contributed by atoms with Crippen molar-refractivity contribution in [3.8, 4) is 0 Å². The number of nitrogens with zero attached hydrogens (tertiary/aromatic N) is 2. The van der Waals surface area contributed by atoms with Crippen molar-refractivity contribution in [3.63, 3.8) is 0 Å². The third kappa shape index (κ3) is 2.67. The number of carbonyl (C=O) groups is 1. The van der Waals surface area contributed by atoms with E-state index in [4.69, 9.17) is 5.11 Å². The quantitative estimate of drug-likeness (QED) is 0.873. The van der Waals surface area contributed by atoms with Crippen molar-refractivity contribution in [1.29, 1.82) is 0 Å². The highest BCUT2D eigenvalue weighted by Crippen LogP contribution is 2.41. The Hall–Kier alpha value is -1.49. The first kappa shape index (κ1) is 14.4. The Kier molecular flexibility index (Phi) is 3.69. The van der Waals surface area contributed by atoms with Crippen LogP contribution in [0.15, 0.2) is 23.4 Å². The van der Waals surface area contributed by atoms with E-state index < -0.39 is 5.97 Å². The summed E-state index contributed by atoms with van der Waals surface area (Å²) in [5.41, 5.74) is 3.36. The largest absolute Gasteiger partial charge is 0.481 e. The van der Waals surface area contributed by atoms with Crippen molar-refractivity contribution >= 4 is 28.8 Å². The zero-order valence-electron chi connectivity index (χ0n) is 12.4. The second kappa shape index (κ2) is 5.37. The number of carboxylic acid groups (broad SMARTS) is 1. The maximum atomic E-state index is 10.9. The molecule has 0 atom stereocenters. The van der Waals surface area contributed by atoms with Gasteiger partial charge in [0, 0.05) is 5.54 Å². The van der Waals surface area contributed by atoms with Crippen LogP contribution in [0.5, 0.6) is 0 Å². The molecule has 112 valence electrons. The summed E-state index contributed by atoms with van der Waals surface area (Å²) in [6, 6.07) is 6.25. The first-order chi connectivity index (χ1) is 9.99. The summed E-state index contributed by atoms with van der Waals surface area (Å²) in [5.74, 6) is -0.746. The molecule has 1 aliphatic rings. The molecule has 5 heteroatoms. The van der Waals surface area contributed by atoms with Crippen LogP contribution in [0.25, 0.3) is 11.0 Å². The number of hydrogen-bond acceptors (Lipinski definition) is 3. The van der Waals surface area contributed by atoms with Crippen molar-refractivity contribution < 1.29 is 9.90 Å². The highest BCUT2D eigenvalue weighted by molar-refractivity contribution is 7.99. The maximum Gasteiger partial charge on any atom is 0.313 e. The van der Waals surface area contributed by atoms with Crippen LogP contribution in [0.2, 0.25) is 0 Å². The van der Waals surface area contributed by atoms with E-state index in [0.717, 1.165) is 29.0 Å². The van der Waals surface area contributed by atoms with Gasteiger partial charge in [-0.15, -0.1) is 0 Å². The molecule has 0 amide bonds. The van der Waals surface area contributed by atoms with Gasteiger partial charge in [0.05, 0.1) is 16.8 Å². The van der Waals surface area contributed by atoms with E-state index in [-0.39, 0.29) is 11.3 Å². The Morgan fingerprint density at radius 1 is 1.43 bits per heavy atom. The zero-order chi connectivity index (χ0) is 15.0. The fourth-order valence-electron chi connectivity index (χ4n) is 3.27. The molecule has 21 heavy (non-hydrogen) atoms. The normalized spacial score (nSPS) is 17.4. The first-order valence-electron chi connectivity index (χ1n) is 7.34. The summed E-state index contributed by atoms with van der Waals surface area (Å²) in [7, 11) is 0. The number of aromatic nitrogens is 2. The number of hydrogen-bond donors (Lipinski definition) is 1. The Balaban J connectivity index is 2.14. The second-order valence-corrected chi connectivity index (χ2v) is 7.05. The van der Waals surface area contributed by atoms with E-state index in [0.29, 0.717) is 0 Å². The minimum Gasteiger partial charge on any atom is -0.481 e. The third-order valence-electron chi connectivity index (χ3n) is 4.32. The number of benzene rings is 1. The smallest absolute Gasteiger partial charge is 0.313 e. The summed E-state index contributed by atoms with van der Waals surface area (Å²) in [6.45, 7) is 4.35. The van der Waals surface area contributed by atoms with E-state index in [2.05, 4.69) is 35.5 Å². The Morgan fingerprint density at radius 3 is 2.81 bits per heavy atom. The van der Waals surface area contributed by atoms with E-state index in [1.807, 2.05) is 6.07 Å². The first-order valence-corrected chi connectivity index (χ1v) is 8.32. The monoisotopic (exact) mass is 304 g/mol. The van der Waals surface area contributed by atoms with Crippen LogP contribution >= 0.6 is 11.8 Å². The highest BCUT2D eigenvalue weighted by Gasteiger charge is 2.34. The lowest BCUT2D eigenvalue weighted by atomic mass is 10.00. The molecule has 3 rings (SSSR count). The van der Waals surface area contributed by atoms with Gasteiger partial charge in [0.2, 0.25) is 0 Å². The summed E-state index contributed by atoms with van der Waals surface area (Å²) < 4.78 is 2.29. The van der Waals surface area contributed by atoms with Gasteiger partial charge in [-0.05, 0) is 44.4 Å². The molecule has 1 fully saturated rings. The van der Waals surface area contributed by atoms with Crippen LogP contribution in [0.3, 0.4) is 0 Å². The Labute approximate surface area is 128 Å². The molecule has 1 aromatic heterocycles. The molecule has 2 aromatic rings. The standard InChI is InChI=1S/C16H20N2O2S/c1-11-5-6-12-13(9-11)18(16(2)7-3-4-8-16)15(17-12)21-10-14(19)20/h5-6,9H,3-4,7-8,10H2,1-2H3,(H,19,20). The molecule has 0 unspecified atom stereocenters. The molecule has 1 aromatic carbocycles. The lowest BCUT2D eigenvalue weighted by Crippen LogP contribution is -2.27. The fraction of sp³-hybridized carbons (Fsp3) is 0.500. The molecular weight excluding hydrogens is 284 g/mol. The molecule has 0 spiro atoms.